The highest BCUT2D eigenvalue weighted by atomic mass is 32.1. The minimum absolute atomic E-state index is 0.704. The van der Waals surface area contributed by atoms with Gasteiger partial charge in [0.2, 0.25) is 0 Å². The summed E-state index contributed by atoms with van der Waals surface area (Å²) in [5.41, 5.74) is 15.1. The minimum Gasteiger partial charge on any atom is -0.144 e. The Kier molecular flexibility index (Phi) is 36.0. The second kappa shape index (κ2) is 43.3. The van der Waals surface area contributed by atoms with Crippen LogP contribution < -0.4 is 4.50 Å². The normalized spacial score (nSPS) is 12.3. The molecule has 0 aliphatic heterocycles. The van der Waals surface area contributed by atoms with E-state index in [1.807, 2.05) is 15.8 Å². The molecule has 0 N–H and O–H groups in total. The number of hydrogen-bond donors (Lipinski definition) is 0. The van der Waals surface area contributed by atoms with E-state index >= 15 is 0 Å². The van der Waals surface area contributed by atoms with Crippen LogP contribution in [0.2, 0.25) is 16.6 Å². The van der Waals surface area contributed by atoms with E-state index in [9.17, 15) is 0 Å². The van der Waals surface area contributed by atoms with Crippen molar-refractivity contribution >= 4 is 103 Å². The van der Waals surface area contributed by atoms with Crippen LogP contribution in [0.15, 0.2) is 53.9 Å². The maximum Gasteiger partial charge on any atom is 0.107 e. The molecule has 0 aliphatic carbocycles. The van der Waals surface area contributed by atoms with Crippen molar-refractivity contribution in [3.05, 3.63) is 98.4 Å². The molecule has 8 rings (SSSR count). The number of hydrogen-bond acceptors (Lipinski definition) is 8. The summed E-state index contributed by atoms with van der Waals surface area (Å²) in [7, 11) is -1.89. The standard InChI is InChI=1S/C89H134S8Si/c1-15-23-31-39-47-67-55-56-90-82(67)75-57-68(48-40-32-24-16-2)83(91-75)76-58-69(49-41-33-25-17-3)84(92-76)77-59-70(50-42-34-26-18-4)85(93-77)78-60-71(51-43-35-27-19-5)86(94-78)79-61-72(52-44-36-28-20-6)87(95-79)80-62-73(53-45-37-29-21-7)88(96-80)81-63-74(54-46-38-30-22-8)89(97-81)98(64(9)10,65(11)12)66(13)14/h55-66H,15-54H2,1-14H3. The van der Waals surface area contributed by atoms with Crippen molar-refractivity contribution in [2.45, 2.75) is 370 Å². The molecular weight excluding hydrogens is 1350 g/mol. The van der Waals surface area contributed by atoms with E-state index < -0.39 is 8.07 Å². The molecule has 0 aliphatic rings. The predicted octanol–water partition coefficient (Wildman–Crippen LogP) is 33.7. The maximum absolute atomic E-state index is 2.78. The van der Waals surface area contributed by atoms with Gasteiger partial charge in [-0.25, -0.2) is 0 Å². The molecule has 0 saturated heterocycles. The number of rotatable bonds is 51. The monoisotopic (exact) mass is 1490 g/mol. The fraction of sp³-hybridized carbons (Fsp3) is 0.640. The fourth-order valence-corrected chi connectivity index (χ4v) is 35.8. The highest BCUT2D eigenvalue weighted by Crippen LogP contribution is 2.55. The first kappa shape index (κ1) is 81.5. The molecular formula is C89H134S8Si. The zero-order valence-corrected chi connectivity index (χ0v) is 72.0. The lowest BCUT2D eigenvalue weighted by atomic mass is 10.0. The van der Waals surface area contributed by atoms with E-state index in [0.717, 1.165) is 0 Å². The van der Waals surface area contributed by atoms with Crippen molar-refractivity contribution in [3.63, 3.8) is 0 Å². The molecule has 0 fully saturated rings. The maximum atomic E-state index is 2.78. The molecule has 0 spiro atoms. The van der Waals surface area contributed by atoms with E-state index in [0.29, 0.717) is 16.6 Å². The Balaban J connectivity index is 1.27. The second-order valence-corrected chi connectivity index (χ2v) is 44.9. The predicted molar refractivity (Wildman–Crippen MR) is 461 cm³/mol. The molecule has 0 atom stereocenters. The van der Waals surface area contributed by atoms with Gasteiger partial charge in [0.1, 0.15) is 8.07 Å². The summed E-state index contributed by atoms with van der Waals surface area (Å²) in [6, 6.07) is 21.5. The van der Waals surface area contributed by atoms with Crippen molar-refractivity contribution in [3.8, 4) is 68.3 Å². The molecule has 0 aromatic carbocycles. The van der Waals surface area contributed by atoms with Gasteiger partial charge in [-0.05, 0) is 222 Å². The van der Waals surface area contributed by atoms with Crippen molar-refractivity contribution in [1.29, 1.82) is 0 Å². The zero-order chi connectivity index (χ0) is 69.8. The largest absolute Gasteiger partial charge is 0.144 e. The van der Waals surface area contributed by atoms with Crippen molar-refractivity contribution in [1.82, 2.24) is 0 Å². The fourth-order valence-electron chi connectivity index (χ4n) is 16.2. The van der Waals surface area contributed by atoms with Crippen molar-refractivity contribution in [2.24, 2.45) is 0 Å². The molecule has 0 bridgehead atoms. The Morgan fingerprint density at radius 2 is 0.439 bits per heavy atom. The van der Waals surface area contributed by atoms with E-state index in [4.69, 9.17) is 0 Å². The third-order valence-electron chi connectivity index (χ3n) is 21.6. The first-order chi connectivity index (χ1) is 47.8. The topological polar surface area (TPSA) is 0 Å². The molecule has 9 heteroatoms. The Bertz CT molecular complexity index is 3480. The Morgan fingerprint density at radius 3 is 0.673 bits per heavy atom. The zero-order valence-electron chi connectivity index (χ0n) is 64.5. The van der Waals surface area contributed by atoms with Gasteiger partial charge in [-0.3, -0.25) is 0 Å². The molecule has 542 valence electrons. The van der Waals surface area contributed by atoms with E-state index in [1.165, 1.54) is 286 Å². The summed E-state index contributed by atoms with van der Waals surface area (Å²) in [5.74, 6) is 0. The van der Waals surface area contributed by atoms with Crippen LogP contribution in [0.25, 0.3) is 68.3 Å². The average molecular weight is 1490 g/mol. The van der Waals surface area contributed by atoms with Gasteiger partial charge in [0.05, 0.1) is 0 Å². The molecule has 0 amide bonds. The molecule has 98 heavy (non-hydrogen) atoms. The van der Waals surface area contributed by atoms with Crippen LogP contribution in [-0.2, 0) is 51.4 Å². The molecule has 8 heterocycles. The SMILES string of the molecule is CCCCCCc1ccsc1-c1cc(CCCCCC)c(-c2cc(CCCCCC)c(-c3cc(CCCCCC)c(-c4cc(CCCCCC)c(-c5cc(CCCCCC)c(-c6cc(CCCCCC)c(-c7cc(CCCCCC)c([Si](C(C)C)(C(C)C)C(C)C)s7)s6)s5)s4)s3)s2)s1. The Morgan fingerprint density at radius 1 is 0.235 bits per heavy atom. The summed E-state index contributed by atoms with van der Waals surface area (Å²) in [4.78, 5) is 21.8. The Hall–Kier alpha value is -2.18. The van der Waals surface area contributed by atoms with E-state index in [1.54, 1.807) is 83.5 Å². The minimum atomic E-state index is -1.89. The quantitative estimate of drug-likeness (QED) is 0.0263. The van der Waals surface area contributed by atoms with Gasteiger partial charge in [-0.2, -0.15) is 0 Å². The van der Waals surface area contributed by atoms with Crippen molar-refractivity contribution in [2.75, 3.05) is 0 Å². The van der Waals surface area contributed by atoms with Crippen LogP contribution in [0.3, 0.4) is 0 Å². The smallest absolute Gasteiger partial charge is 0.107 e. The van der Waals surface area contributed by atoms with Gasteiger partial charge in [0.25, 0.3) is 0 Å². The molecule has 8 aromatic heterocycles. The van der Waals surface area contributed by atoms with Crippen LogP contribution in [0.4, 0.5) is 0 Å². The van der Waals surface area contributed by atoms with Crippen LogP contribution >= 0.6 is 90.7 Å². The van der Waals surface area contributed by atoms with Gasteiger partial charge in [0.15, 0.2) is 0 Å². The summed E-state index contributed by atoms with van der Waals surface area (Å²) in [6.45, 7) is 34.5. The third kappa shape index (κ3) is 22.0. The Labute approximate surface area is 634 Å². The van der Waals surface area contributed by atoms with Gasteiger partial charge in [0, 0.05) is 68.3 Å². The highest BCUT2D eigenvalue weighted by molar-refractivity contribution is 7.34. The van der Waals surface area contributed by atoms with Gasteiger partial charge in [-0.15, -0.1) is 90.7 Å². The van der Waals surface area contributed by atoms with Gasteiger partial charge >= 0.3 is 0 Å². The number of aryl methyl sites for hydroxylation is 8. The summed E-state index contributed by atoms with van der Waals surface area (Å²) in [6.07, 6.45) is 51.2. The lowest BCUT2D eigenvalue weighted by Crippen LogP contribution is -2.55. The summed E-state index contributed by atoms with van der Waals surface area (Å²) < 4.78 is 1.85. The van der Waals surface area contributed by atoms with Crippen LogP contribution in [0.1, 0.15) is 347 Å². The number of unbranched alkanes of at least 4 members (excludes halogenated alkanes) is 24. The lowest BCUT2D eigenvalue weighted by Gasteiger charge is -2.43. The summed E-state index contributed by atoms with van der Waals surface area (Å²) >= 11 is 17.2. The molecule has 0 radical (unpaired) electrons. The lowest BCUT2D eigenvalue weighted by molar-refractivity contribution is 0.667. The number of thiophene rings is 8. The summed E-state index contributed by atoms with van der Waals surface area (Å²) in [5, 5.41) is 2.38. The van der Waals surface area contributed by atoms with Crippen LogP contribution in [0, 0.1) is 0 Å². The van der Waals surface area contributed by atoms with Gasteiger partial charge < -0.3 is 0 Å². The average Bonchev–Trinajstić information content (AvgIpc) is 1.57. The third-order valence-corrected chi connectivity index (χ3v) is 40.1. The van der Waals surface area contributed by atoms with Crippen LogP contribution in [0.5, 0.6) is 0 Å². The first-order valence-electron chi connectivity index (χ1n) is 40.8. The van der Waals surface area contributed by atoms with Crippen LogP contribution in [-0.4, -0.2) is 8.07 Å². The van der Waals surface area contributed by atoms with E-state index in [-0.39, 0.29) is 0 Å². The van der Waals surface area contributed by atoms with E-state index in [2.05, 4.69) is 230 Å². The molecule has 8 aromatic rings. The first-order valence-corrected chi connectivity index (χ1v) is 49.6. The van der Waals surface area contributed by atoms with Crippen molar-refractivity contribution < 1.29 is 0 Å². The second-order valence-electron chi connectivity index (χ2n) is 30.4. The highest BCUT2D eigenvalue weighted by Gasteiger charge is 2.47. The van der Waals surface area contributed by atoms with Gasteiger partial charge in [-0.1, -0.05) is 251 Å². The molecule has 0 saturated carbocycles. The molecule has 0 unspecified atom stereocenters. The molecule has 0 nitrogen and oxygen atoms in total.